The monoisotopic (exact) mass is 567 g/mol. The van der Waals surface area contributed by atoms with Crippen molar-refractivity contribution in [3.05, 3.63) is 54.1 Å². The number of alkyl halides is 2. The van der Waals surface area contributed by atoms with E-state index in [1.807, 2.05) is 0 Å². The average molecular weight is 568 g/mol. The SMILES string of the molecule is O=C(NC1CCCN(C(=O)n2ccnc2)C1)c1sc2nccc3c2c1NC(=O)N3c1ccc2c(c1)OC(F)(F)O2. The number of anilines is 3. The Kier molecular flexibility index (Phi) is 5.38. The Balaban J connectivity index is 1.17. The van der Waals surface area contributed by atoms with Crippen LogP contribution in [-0.2, 0) is 0 Å². The van der Waals surface area contributed by atoms with Crippen LogP contribution in [0.4, 0.5) is 35.4 Å². The Labute approximate surface area is 228 Å². The van der Waals surface area contributed by atoms with Gasteiger partial charge in [0.1, 0.15) is 16.0 Å². The molecule has 1 fully saturated rings. The Morgan fingerprint density at radius 1 is 1.18 bits per heavy atom. The number of ether oxygens (including phenoxy) is 2. The van der Waals surface area contributed by atoms with Gasteiger partial charge in [0, 0.05) is 43.8 Å². The molecule has 1 saturated heterocycles. The first-order valence-corrected chi connectivity index (χ1v) is 13.1. The molecule has 3 aliphatic heterocycles. The number of rotatable bonds is 3. The molecule has 3 aromatic heterocycles. The number of nitrogens with one attached hydrogen (secondary N) is 2. The van der Waals surface area contributed by atoms with Crippen LogP contribution in [-0.4, -0.2) is 62.8 Å². The fourth-order valence-corrected chi connectivity index (χ4v) is 6.16. The van der Waals surface area contributed by atoms with Crippen molar-refractivity contribution in [2.24, 2.45) is 0 Å². The highest BCUT2D eigenvalue weighted by atomic mass is 32.1. The zero-order valence-electron chi connectivity index (χ0n) is 20.5. The van der Waals surface area contributed by atoms with Crippen LogP contribution >= 0.6 is 11.3 Å². The van der Waals surface area contributed by atoms with Crippen molar-refractivity contribution < 1.29 is 32.6 Å². The van der Waals surface area contributed by atoms with Crippen molar-refractivity contribution in [1.82, 2.24) is 24.8 Å². The van der Waals surface area contributed by atoms with Gasteiger partial charge in [0.2, 0.25) is 0 Å². The Bertz CT molecular complexity index is 1690. The van der Waals surface area contributed by atoms with E-state index in [1.54, 1.807) is 17.2 Å². The third kappa shape index (κ3) is 3.97. The van der Waals surface area contributed by atoms with Gasteiger partial charge in [-0.25, -0.2) is 19.6 Å². The molecular formula is C25H19F2N7O5S. The average Bonchev–Trinajstić information content (AvgIpc) is 3.66. The molecule has 204 valence electrons. The fraction of sp³-hybridized carbons (Fsp3) is 0.240. The molecule has 0 radical (unpaired) electrons. The maximum absolute atomic E-state index is 13.5. The number of hydrogen-bond acceptors (Lipinski definition) is 8. The lowest BCUT2D eigenvalue weighted by atomic mass is 10.1. The minimum Gasteiger partial charge on any atom is -0.395 e. The molecule has 1 aromatic carbocycles. The number of pyridine rings is 1. The van der Waals surface area contributed by atoms with Gasteiger partial charge in [0.25, 0.3) is 5.91 Å². The van der Waals surface area contributed by atoms with Gasteiger partial charge < -0.3 is 25.0 Å². The van der Waals surface area contributed by atoms with Gasteiger partial charge in [-0.2, -0.15) is 0 Å². The Morgan fingerprint density at radius 3 is 2.85 bits per heavy atom. The number of fused-ring (bicyclic) bond motifs is 1. The number of halogens is 2. The van der Waals surface area contributed by atoms with Gasteiger partial charge >= 0.3 is 18.4 Å². The van der Waals surface area contributed by atoms with Crippen LogP contribution in [0.5, 0.6) is 11.5 Å². The first-order valence-electron chi connectivity index (χ1n) is 12.3. The van der Waals surface area contributed by atoms with Crippen molar-refractivity contribution in [3.63, 3.8) is 0 Å². The van der Waals surface area contributed by atoms with E-state index < -0.39 is 18.2 Å². The Morgan fingerprint density at radius 2 is 2.02 bits per heavy atom. The second-order valence-corrected chi connectivity index (χ2v) is 10.4. The number of benzene rings is 1. The molecule has 40 heavy (non-hydrogen) atoms. The third-order valence-corrected chi connectivity index (χ3v) is 7.94. The second kappa shape index (κ2) is 8.87. The number of aromatic nitrogens is 3. The molecule has 6 heterocycles. The summed E-state index contributed by atoms with van der Waals surface area (Å²) in [5.74, 6) is -0.746. The van der Waals surface area contributed by atoms with E-state index >= 15 is 0 Å². The summed E-state index contributed by atoms with van der Waals surface area (Å²) < 4.78 is 37.5. The van der Waals surface area contributed by atoms with Crippen LogP contribution in [0.3, 0.4) is 0 Å². The number of urea groups is 1. The lowest BCUT2D eigenvalue weighted by molar-refractivity contribution is -0.286. The minimum atomic E-state index is -3.79. The number of amides is 4. The predicted molar refractivity (Wildman–Crippen MR) is 139 cm³/mol. The number of carbonyl (C=O) groups is 3. The number of likely N-dealkylation sites (tertiary alicyclic amines) is 1. The van der Waals surface area contributed by atoms with E-state index in [0.29, 0.717) is 47.5 Å². The third-order valence-electron chi connectivity index (χ3n) is 6.85. The Hall–Kier alpha value is -4.79. The number of nitrogens with zero attached hydrogens (tertiary/aromatic N) is 5. The van der Waals surface area contributed by atoms with Crippen molar-refractivity contribution in [2.75, 3.05) is 23.3 Å². The summed E-state index contributed by atoms with van der Waals surface area (Å²) in [4.78, 5) is 51.5. The zero-order valence-corrected chi connectivity index (χ0v) is 21.3. The summed E-state index contributed by atoms with van der Waals surface area (Å²) in [6, 6.07) is 4.55. The molecular weight excluding hydrogens is 548 g/mol. The molecule has 0 bridgehead atoms. The maximum atomic E-state index is 13.5. The number of hydrogen-bond donors (Lipinski definition) is 2. The van der Waals surface area contributed by atoms with Gasteiger partial charge in [-0.1, -0.05) is 0 Å². The van der Waals surface area contributed by atoms with Crippen molar-refractivity contribution in [1.29, 1.82) is 0 Å². The van der Waals surface area contributed by atoms with Crippen molar-refractivity contribution >= 4 is 56.6 Å². The summed E-state index contributed by atoms with van der Waals surface area (Å²) in [5.41, 5.74) is 1.01. The largest absolute Gasteiger partial charge is 0.586 e. The molecule has 0 saturated carbocycles. The lowest BCUT2D eigenvalue weighted by Gasteiger charge is -2.33. The van der Waals surface area contributed by atoms with Gasteiger partial charge in [0.15, 0.2) is 11.5 Å². The standard InChI is InChI=1S/C25H19F2N7O5S/c26-25(27)38-16-4-3-14(10-17(16)39-25)34-15-5-6-29-22-18(15)19(31-23(34)36)20(40-22)21(35)30-13-2-1-8-32(11-13)24(37)33-9-7-28-12-33/h3-7,9-10,12-13H,1-2,8,11H2,(H,30,35)(H,31,36). The number of piperidine rings is 1. The summed E-state index contributed by atoms with van der Waals surface area (Å²) in [5, 5.41) is 6.31. The van der Waals surface area contributed by atoms with Gasteiger partial charge in [-0.3, -0.25) is 14.3 Å². The number of thiophene rings is 1. The van der Waals surface area contributed by atoms with Crippen molar-refractivity contribution in [2.45, 2.75) is 25.2 Å². The van der Waals surface area contributed by atoms with Gasteiger partial charge in [-0.15, -0.1) is 20.1 Å². The summed E-state index contributed by atoms with van der Waals surface area (Å²) in [6.45, 7) is 0.893. The van der Waals surface area contributed by atoms with Gasteiger partial charge in [0.05, 0.1) is 22.4 Å². The van der Waals surface area contributed by atoms with E-state index in [2.05, 4.69) is 30.1 Å². The van der Waals surface area contributed by atoms with Crippen LogP contribution in [0.25, 0.3) is 10.2 Å². The van der Waals surface area contributed by atoms with E-state index in [0.717, 1.165) is 11.3 Å². The van der Waals surface area contributed by atoms with Crippen LogP contribution in [0.2, 0.25) is 0 Å². The summed E-state index contributed by atoms with van der Waals surface area (Å²) in [7, 11) is 0. The maximum Gasteiger partial charge on any atom is 0.586 e. The highest BCUT2D eigenvalue weighted by Gasteiger charge is 2.44. The molecule has 0 aliphatic carbocycles. The topological polar surface area (TPSA) is 131 Å². The first kappa shape index (κ1) is 24.3. The normalized spacial score (nSPS) is 19.1. The van der Waals surface area contributed by atoms with E-state index in [-0.39, 0.29) is 34.1 Å². The second-order valence-electron chi connectivity index (χ2n) is 9.39. The zero-order chi connectivity index (χ0) is 27.6. The quantitative estimate of drug-likeness (QED) is 0.376. The van der Waals surface area contributed by atoms with E-state index in [9.17, 15) is 23.2 Å². The predicted octanol–water partition coefficient (Wildman–Crippen LogP) is 4.36. The van der Waals surface area contributed by atoms with Crippen LogP contribution < -0.4 is 25.0 Å². The smallest absolute Gasteiger partial charge is 0.395 e. The van der Waals surface area contributed by atoms with E-state index in [4.69, 9.17) is 0 Å². The molecule has 15 heteroatoms. The number of imidazole rings is 1. The van der Waals surface area contributed by atoms with E-state index in [1.165, 1.54) is 46.4 Å². The molecule has 4 amide bonds. The lowest BCUT2D eigenvalue weighted by Crippen LogP contribution is -2.50. The van der Waals surface area contributed by atoms with Crippen LogP contribution in [0.1, 0.15) is 22.5 Å². The molecule has 1 unspecified atom stereocenters. The van der Waals surface area contributed by atoms with Crippen LogP contribution in [0.15, 0.2) is 49.2 Å². The first-order chi connectivity index (χ1) is 19.3. The highest BCUT2D eigenvalue weighted by Crippen LogP contribution is 2.48. The molecule has 2 N–H and O–H groups in total. The van der Waals surface area contributed by atoms with Crippen LogP contribution in [0, 0.1) is 0 Å². The summed E-state index contributed by atoms with van der Waals surface area (Å²) in [6.07, 6.45) is 3.64. The molecule has 12 nitrogen and oxygen atoms in total. The molecule has 0 spiro atoms. The van der Waals surface area contributed by atoms with Crippen molar-refractivity contribution in [3.8, 4) is 11.5 Å². The van der Waals surface area contributed by atoms with Gasteiger partial charge in [-0.05, 0) is 31.0 Å². The highest BCUT2D eigenvalue weighted by molar-refractivity contribution is 7.21. The number of carbonyl (C=O) groups excluding carboxylic acids is 3. The molecule has 1 atom stereocenters. The molecule has 3 aliphatic rings. The molecule has 4 aromatic rings. The minimum absolute atomic E-state index is 0.144. The fourth-order valence-electron chi connectivity index (χ4n) is 5.13. The molecule has 7 rings (SSSR count). The summed E-state index contributed by atoms with van der Waals surface area (Å²) >= 11 is 1.12.